The van der Waals surface area contributed by atoms with E-state index in [1.165, 1.54) is 5.56 Å². The average Bonchev–Trinajstić information content (AvgIpc) is 2.79. The van der Waals surface area contributed by atoms with Gasteiger partial charge in [-0.15, -0.1) is 0 Å². The fourth-order valence-electron chi connectivity index (χ4n) is 4.13. The number of carbonyl (C=O) groups excluding carboxylic acids is 1. The Labute approximate surface area is 177 Å². The molecule has 2 aliphatic rings. The maximum Gasteiger partial charge on any atom is 0.236 e. The minimum atomic E-state index is 0.0711. The van der Waals surface area contributed by atoms with E-state index in [9.17, 15) is 10.1 Å². The van der Waals surface area contributed by atoms with E-state index in [1.807, 2.05) is 43.4 Å². The third-order valence-electron chi connectivity index (χ3n) is 5.92. The number of carbonyl (C=O) groups is 1. The van der Waals surface area contributed by atoms with Crippen LogP contribution in [0, 0.1) is 11.3 Å². The zero-order valence-corrected chi connectivity index (χ0v) is 17.3. The van der Waals surface area contributed by atoms with E-state index in [2.05, 4.69) is 39.1 Å². The number of rotatable bonds is 6. The average molecular weight is 405 g/mol. The number of nitrogens with zero attached hydrogens (tertiary/aromatic N) is 3. The first-order valence-electron chi connectivity index (χ1n) is 10.4. The van der Waals surface area contributed by atoms with Crippen molar-refractivity contribution in [1.29, 1.82) is 5.26 Å². The van der Waals surface area contributed by atoms with Crippen molar-refractivity contribution in [2.75, 3.05) is 56.9 Å². The number of anilines is 2. The second-order valence-electron chi connectivity index (χ2n) is 7.91. The summed E-state index contributed by atoms with van der Waals surface area (Å²) in [5.74, 6) is 0.180. The number of benzene rings is 2. The number of fused-ring (bicyclic) bond motifs is 1. The van der Waals surface area contributed by atoms with Gasteiger partial charge in [-0.1, -0.05) is 36.4 Å². The first kappa shape index (κ1) is 20.2. The molecule has 0 spiro atoms. The van der Waals surface area contributed by atoms with Gasteiger partial charge in [-0.05, 0) is 17.7 Å². The summed E-state index contributed by atoms with van der Waals surface area (Å²) in [6.45, 7) is 4.52. The Kier molecular flexibility index (Phi) is 6.17. The number of nitriles is 1. The smallest absolute Gasteiger partial charge is 0.236 e. The van der Waals surface area contributed by atoms with Crippen LogP contribution in [0.3, 0.4) is 0 Å². The van der Waals surface area contributed by atoms with E-state index in [1.54, 1.807) is 4.90 Å². The lowest BCUT2D eigenvalue weighted by Crippen LogP contribution is -2.51. The molecule has 1 saturated heterocycles. The summed E-state index contributed by atoms with van der Waals surface area (Å²) in [5.41, 5.74) is 3.67. The molecule has 2 aromatic rings. The highest BCUT2D eigenvalue weighted by molar-refractivity contribution is 5.79. The minimum absolute atomic E-state index is 0.0711. The molecule has 4 rings (SSSR count). The highest BCUT2D eigenvalue weighted by atomic mass is 16.2. The lowest BCUT2D eigenvalue weighted by atomic mass is 9.96. The van der Waals surface area contributed by atoms with Gasteiger partial charge in [0, 0.05) is 39.8 Å². The predicted octanol–water partition coefficient (Wildman–Crippen LogP) is 1.87. The van der Waals surface area contributed by atoms with Gasteiger partial charge in [-0.2, -0.15) is 5.26 Å². The van der Waals surface area contributed by atoms with Crippen LogP contribution in [0.5, 0.6) is 0 Å². The molecule has 7 heteroatoms. The van der Waals surface area contributed by atoms with Crippen LogP contribution in [0.15, 0.2) is 48.5 Å². The number of hydrogen-bond donors (Lipinski definition) is 3. The third-order valence-corrected chi connectivity index (χ3v) is 5.92. The van der Waals surface area contributed by atoms with Crippen LogP contribution in [0.4, 0.5) is 11.4 Å². The molecule has 2 heterocycles. The Hall–Kier alpha value is -3.08. The van der Waals surface area contributed by atoms with Crippen LogP contribution in [-0.4, -0.2) is 68.1 Å². The molecule has 3 N–H and O–H groups in total. The summed E-state index contributed by atoms with van der Waals surface area (Å²) in [5, 5.41) is 20.3. The molecule has 2 atom stereocenters. The lowest BCUT2D eigenvalue weighted by molar-refractivity contribution is -0.134. The van der Waals surface area contributed by atoms with E-state index >= 15 is 0 Å². The van der Waals surface area contributed by atoms with Crippen molar-refractivity contribution in [1.82, 2.24) is 15.1 Å². The molecule has 0 radical (unpaired) electrons. The topological polar surface area (TPSA) is 83.4 Å². The molecule has 30 heavy (non-hydrogen) atoms. The molecular formula is C23H28N6O. The summed E-state index contributed by atoms with van der Waals surface area (Å²) >= 11 is 0. The van der Waals surface area contributed by atoms with Crippen LogP contribution < -0.4 is 16.0 Å². The largest absolute Gasteiger partial charge is 0.381 e. The number of likely N-dealkylation sites (N-methyl/N-ethyl adjacent to an activating group) is 1. The summed E-state index contributed by atoms with van der Waals surface area (Å²) < 4.78 is 0. The van der Waals surface area contributed by atoms with E-state index in [-0.39, 0.29) is 18.0 Å². The van der Waals surface area contributed by atoms with Gasteiger partial charge < -0.3 is 20.9 Å². The highest BCUT2D eigenvalue weighted by Gasteiger charge is 2.28. The number of piperazine rings is 1. The van der Waals surface area contributed by atoms with Crippen molar-refractivity contribution >= 4 is 17.3 Å². The van der Waals surface area contributed by atoms with Gasteiger partial charge in [0.25, 0.3) is 0 Å². The normalized spacial score (nSPS) is 19.9. The SMILES string of the molecule is CN1CCN(CCN[C@H](c2ccccc2)[C@H]2CNc3cccc(C#N)c3N2)CC1=O. The number of hydrogen-bond acceptors (Lipinski definition) is 6. The summed E-state index contributed by atoms with van der Waals surface area (Å²) in [7, 11) is 1.86. The van der Waals surface area contributed by atoms with Gasteiger partial charge in [-0.3, -0.25) is 9.69 Å². The molecule has 0 aliphatic carbocycles. The summed E-state index contributed by atoms with van der Waals surface area (Å²) in [4.78, 5) is 16.0. The van der Waals surface area contributed by atoms with Crippen LogP contribution >= 0.6 is 0 Å². The molecule has 2 aliphatic heterocycles. The van der Waals surface area contributed by atoms with Crippen molar-refractivity contribution in [2.45, 2.75) is 12.1 Å². The van der Waals surface area contributed by atoms with Gasteiger partial charge in [0.2, 0.25) is 5.91 Å². The van der Waals surface area contributed by atoms with E-state index in [4.69, 9.17) is 0 Å². The quantitative estimate of drug-likeness (QED) is 0.682. The fraction of sp³-hybridized carbons (Fsp3) is 0.391. The van der Waals surface area contributed by atoms with E-state index < -0.39 is 0 Å². The molecule has 0 bridgehead atoms. The van der Waals surface area contributed by atoms with Crippen molar-refractivity contribution < 1.29 is 4.79 Å². The zero-order chi connectivity index (χ0) is 20.9. The molecule has 1 amide bonds. The first-order valence-corrected chi connectivity index (χ1v) is 10.4. The molecule has 7 nitrogen and oxygen atoms in total. The lowest BCUT2D eigenvalue weighted by Gasteiger charge is -2.36. The van der Waals surface area contributed by atoms with Crippen LogP contribution in [0.2, 0.25) is 0 Å². The van der Waals surface area contributed by atoms with Crippen molar-refractivity contribution in [2.24, 2.45) is 0 Å². The molecule has 1 fully saturated rings. The molecule has 0 saturated carbocycles. The van der Waals surface area contributed by atoms with Gasteiger partial charge in [-0.25, -0.2) is 0 Å². The third kappa shape index (κ3) is 4.40. The van der Waals surface area contributed by atoms with Crippen molar-refractivity contribution in [3.8, 4) is 6.07 Å². The zero-order valence-electron chi connectivity index (χ0n) is 17.3. The first-order chi connectivity index (χ1) is 14.7. The molecule has 2 aromatic carbocycles. The highest BCUT2D eigenvalue weighted by Crippen LogP contribution is 2.32. The Morgan fingerprint density at radius 1 is 1.20 bits per heavy atom. The molecule has 0 aromatic heterocycles. The molecular weight excluding hydrogens is 376 g/mol. The predicted molar refractivity (Wildman–Crippen MR) is 118 cm³/mol. The van der Waals surface area contributed by atoms with Gasteiger partial charge in [0.15, 0.2) is 0 Å². The van der Waals surface area contributed by atoms with Crippen LogP contribution in [0.1, 0.15) is 17.2 Å². The monoisotopic (exact) mass is 404 g/mol. The maximum atomic E-state index is 12.0. The Bertz CT molecular complexity index is 925. The Morgan fingerprint density at radius 3 is 2.80 bits per heavy atom. The molecule has 0 unspecified atom stereocenters. The Balaban J connectivity index is 1.46. The number of amides is 1. The maximum absolute atomic E-state index is 12.0. The van der Waals surface area contributed by atoms with Gasteiger partial charge in [0.1, 0.15) is 6.07 Å². The van der Waals surface area contributed by atoms with Gasteiger partial charge in [0.05, 0.1) is 35.6 Å². The second-order valence-corrected chi connectivity index (χ2v) is 7.91. The van der Waals surface area contributed by atoms with E-state index in [0.29, 0.717) is 12.1 Å². The van der Waals surface area contributed by atoms with Crippen molar-refractivity contribution in [3.63, 3.8) is 0 Å². The van der Waals surface area contributed by atoms with Gasteiger partial charge >= 0.3 is 0 Å². The fourth-order valence-corrected chi connectivity index (χ4v) is 4.13. The van der Waals surface area contributed by atoms with E-state index in [0.717, 1.165) is 44.1 Å². The second kappa shape index (κ2) is 9.16. The van der Waals surface area contributed by atoms with Crippen molar-refractivity contribution in [3.05, 3.63) is 59.7 Å². The standard InChI is InChI=1S/C23H28N6O/c1-28-12-13-29(16-21(28)30)11-10-25-22(17-6-3-2-4-7-17)20-15-26-19-9-5-8-18(14-24)23(19)27-20/h2-9,20,22,25-27H,10-13,15-16H2,1H3/t20-,22-/m1/s1. The number of nitrogens with one attached hydrogen (secondary N) is 3. The Morgan fingerprint density at radius 2 is 2.03 bits per heavy atom. The van der Waals surface area contributed by atoms with Crippen LogP contribution in [0.25, 0.3) is 0 Å². The number of para-hydroxylation sites is 1. The van der Waals surface area contributed by atoms with Crippen LogP contribution in [-0.2, 0) is 4.79 Å². The molecule has 156 valence electrons. The summed E-state index contributed by atoms with van der Waals surface area (Å²) in [6.07, 6.45) is 0. The minimum Gasteiger partial charge on any atom is -0.381 e. The summed E-state index contributed by atoms with van der Waals surface area (Å²) in [6, 6.07) is 18.6.